The topological polar surface area (TPSA) is 116 Å². The Morgan fingerprint density at radius 2 is 1.96 bits per heavy atom. The Kier molecular flexibility index (Phi) is 6.40. The minimum Gasteiger partial charge on any atom is -0.450 e. The van der Waals surface area contributed by atoms with Gasteiger partial charge in [-0.25, -0.2) is 4.79 Å². The molecule has 0 spiro atoms. The van der Waals surface area contributed by atoms with Crippen molar-refractivity contribution in [1.82, 2.24) is 5.32 Å². The van der Waals surface area contributed by atoms with Gasteiger partial charge in [-0.1, -0.05) is 12.1 Å². The van der Waals surface area contributed by atoms with E-state index < -0.39 is 22.8 Å². The van der Waals surface area contributed by atoms with Gasteiger partial charge in [0.2, 0.25) is 11.7 Å². The molecule has 1 unspecified atom stereocenters. The van der Waals surface area contributed by atoms with Gasteiger partial charge in [-0.15, -0.1) is 11.3 Å². The number of carbonyl (C=O) groups excluding carboxylic acids is 3. The molecule has 8 nitrogen and oxygen atoms in total. The molecular formula is C18H18N2O6S. The number of thiophene rings is 1. The molecule has 1 aromatic carbocycles. The number of carbonyl (C=O) groups is 3. The Hall–Kier alpha value is -3.07. The Bertz CT molecular complexity index is 905. The van der Waals surface area contributed by atoms with Gasteiger partial charge in [0.15, 0.2) is 6.10 Å². The zero-order valence-corrected chi connectivity index (χ0v) is 15.8. The summed E-state index contributed by atoms with van der Waals surface area (Å²) in [6, 6.07) is 7.54. The second kappa shape index (κ2) is 8.54. The van der Waals surface area contributed by atoms with Crippen molar-refractivity contribution in [2.45, 2.75) is 33.4 Å². The Balaban J connectivity index is 2.12. The van der Waals surface area contributed by atoms with Crippen molar-refractivity contribution in [3.8, 4) is 0 Å². The van der Waals surface area contributed by atoms with Crippen molar-refractivity contribution in [3.63, 3.8) is 0 Å². The van der Waals surface area contributed by atoms with E-state index in [1.807, 2.05) is 0 Å². The molecule has 1 aromatic heterocycles. The van der Waals surface area contributed by atoms with Crippen LogP contribution >= 0.6 is 11.3 Å². The van der Waals surface area contributed by atoms with Crippen molar-refractivity contribution < 1.29 is 24.0 Å². The summed E-state index contributed by atoms with van der Waals surface area (Å²) in [5.74, 6) is -1.52. The van der Waals surface area contributed by atoms with E-state index in [4.69, 9.17) is 4.74 Å². The van der Waals surface area contributed by atoms with Crippen LogP contribution in [0.1, 0.15) is 44.3 Å². The van der Waals surface area contributed by atoms with Crippen LogP contribution in [0.5, 0.6) is 0 Å². The predicted octanol–water partition coefficient (Wildman–Crippen LogP) is 3.03. The second-order valence-corrected chi connectivity index (χ2v) is 6.98. The molecule has 2 aromatic rings. The molecule has 1 amide bonds. The number of nitro benzene ring substituents is 1. The summed E-state index contributed by atoms with van der Waals surface area (Å²) in [6.45, 7) is 4.67. The Labute approximate surface area is 159 Å². The zero-order chi connectivity index (χ0) is 20.1. The number of Topliss-reactive ketones (excluding diaryl/α,β-unsaturated/α-hetero) is 1. The number of hydrogen-bond donors (Lipinski definition) is 1. The maximum Gasteiger partial charge on any atom is 0.346 e. The molecule has 0 aliphatic rings. The third kappa shape index (κ3) is 4.98. The molecule has 1 heterocycles. The highest BCUT2D eigenvalue weighted by atomic mass is 32.1. The van der Waals surface area contributed by atoms with E-state index in [-0.39, 0.29) is 17.2 Å². The third-order valence-corrected chi connectivity index (χ3v) is 4.82. The van der Waals surface area contributed by atoms with Crippen LogP contribution < -0.4 is 5.32 Å². The summed E-state index contributed by atoms with van der Waals surface area (Å²) in [6.07, 6.45) is -1.11. The summed E-state index contributed by atoms with van der Waals surface area (Å²) < 4.78 is 5.18. The summed E-state index contributed by atoms with van der Waals surface area (Å²) in [5, 5.41) is 13.8. The number of rotatable bonds is 7. The van der Waals surface area contributed by atoms with E-state index in [2.05, 4.69) is 5.32 Å². The summed E-state index contributed by atoms with van der Waals surface area (Å²) >= 11 is 1.18. The first-order valence-electron chi connectivity index (χ1n) is 8.03. The minimum atomic E-state index is -1.11. The molecule has 9 heteroatoms. The van der Waals surface area contributed by atoms with Crippen molar-refractivity contribution in [3.05, 3.63) is 61.3 Å². The molecule has 1 N–H and O–H groups in total. The summed E-state index contributed by atoms with van der Waals surface area (Å²) in [7, 11) is 0. The number of nitrogens with one attached hydrogen (secondary N) is 1. The maximum atomic E-state index is 12.5. The van der Waals surface area contributed by atoms with Crippen LogP contribution in [0.2, 0.25) is 0 Å². The maximum absolute atomic E-state index is 12.5. The Morgan fingerprint density at radius 1 is 1.26 bits per heavy atom. The molecule has 1 atom stereocenters. The number of esters is 1. The number of ketones is 1. The second-order valence-electron chi connectivity index (χ2n) is 5.81. The number of amides is 1. The molecule has 0 fully saturated rings. The lowest BCUT2D eigenvalue weighted by molar-refractivity contribution is -0.385. The fraction of sp³-hybridized carbons (Fsp3) is 0.278. The average molecular weight is 390 g/mol. The third-order valence-electron chi connectivity index (χ3n) is 3.72. The molecule has 0 aliphatic carbocycles. The van der Waals surface area contributed by atoms with Crippen LogP contribution in [-0.4, -0.2) is 28.7 Å². The molecule has 0 radical (unpaired) electrons. The lowest BCUT2D eigenvalue weighted by atomic mass is 10.1. The van der Waals surface area contributed by atoms with E-state index in [9.17, 15) is 24.5 Å². The van der Waals surface area contributed by atoms with E-state index in [1.165, 1.54) is 37.3 Å². The number of ether oxygens (including phenoxy) is 1. The largest absolute Gasteiger partial charge is 0.450 e. The van der Waals surface area contributed by atoms with Crippen LogP contribution in [-0.2, 0) is 16.1 Å². The number of nitrogens with zero attached hydrogens (tertiary/aromatic N) is 1. The molecule has 0 aliphatic heterocycles. The normalized spacial score (nSPS) is 11.5. The van der Waals surface area contributed by atoms with Gasteiger partial charge in [0.1, 0.15) is 5.56 Å². The van der Waals surface area contributed by atoms with E-state index in [0.717, 1.165) is 4.88 Å². The van der Waals surface area contributed by atoms with Crippen LogP contribution in [0.15, 0.2) is 30.3 Å². The van der Waals surface area contributed by atoms with Crippen molar-refractivity contribution in [2.24, 2.45) is 0 Å². The summed E-state index contributed by atoms with van der Waals surface area (Å²) in [5.41, 5.74) is -0.143. The standard InChI is InChI=1S/C18H18N2O6S/c1-10-5-4-6-14(20(24)25)16(10)18(23)26-11(2)17(22)15-8-7-13(27-15)9-19-12(3)21/h4-8,11H,9H2,1-3H3,(H,19,21). The molecule has 0 bridgehead atoms. The SMILES string of the molecule is CC(=O)NCc1ccc(C(=O)C(C)OC(=O)c2c(C)cccc2[N+](=O)[O-])s1. The molecule has 27 heavy (non-hydrogen) atoms. The van der Waals surface area contributed by atoms with Gasteiger partial charge >= 0.3 is 5.97 Å². The number of aryl methyl sites for hydroxylation is 1. The molecule has 142 valence electrons. The van der Waals surface area contributed by atoms with Gasteiger partial charge in [-0.05, 0) is 31.5 Å². The van der Waals surface area contributed by atoms with E-state index in [0.29, 0.717) is 17.0 Å². The van der Waals surface area contributed by atoms with Gasteiger partial charge in [0.05, 0.1) is 16.3 Å². The quantitative estimate of drug-likeness (QED) is 0.336. The highest BCUT2D eigenvalue weighted by Gasteiger charge is 2.27. The predicted molar refractivity (Wildman–Crippen MR) is 98.9 cm³/mol. The monoisotopic (exact) mass is 390 g/mol. The van der Waals surface area contributed by atoms with E-state index in [1.54, 1.807) is 25.1 Å². The van der Waals surface area contributed by atoms with Gasteiger partial charge in [0.25, 0.3) is 5.69 Å². The lowest BCUT2D eigenvalue weighted by Gasteiger charge is -2.12. The number of hydrogen-bond acceptors (Lipinski definition) is 7. The van der Waals surface area contributed by atoms with Gasteiger partial charge < -0.3 is 10.1 Å². The molecule has 0 saturated carbocycles. The van der Waals surface area contributed by atoms with E-state index >= 15 is 0 Å². The van der Waals surface area contributed by atoms with Crippen LogP contribution in [0.3, 0.4) is 0 Å². The van der Waals surface area contributed by atoms with Crippen molar-refractivity contribution in [2.75, 3.05) is 0 Å². The fourth-order valence-electron chi connectivity index (χ4n) is 2.36. The fourth-order valence-corrected chi connectivity index (χ4v) is 3.33. The lowest BCUT2D eigenvalue weighted by Crippen LogP contribution is -2.24. The van der Waals surface area contributed by atoms with Crippen molar-refractivity contribution >= 4 is 34.7 Å². The average Bonchev–Trinajstić information content (AvgIpc) is 3.07. The Morgan fingerprint density at radius 3 is 2.59 bits per heavy atom. The van der Waals surface area contributed by atoms with Crippen molar-refractivity contribution in [1.29, 1.82) is 0 Å². The number of nitro groups is 1. The smallest absolute Gasteiger partial charge is 0.346 e. The minimum absolute atomic E-state index is 0.167. The van der Waals surface area contributed by atoms with Crippen LogP contribution in [0, 0.1) is 17.0 Å². The van der Waals surface area contributed by atoms with Crippen LogP contribution in [0.4, 0.5) is 5.69 Å². The number of benzene rings is 1. The van der Waals surface area contributed by atoms with Crippen LogP contribution in [0.25, 0.3) is 0 Å². The highest BCUT2D eigenvalue weighted by molar-refractivity contribution is 7.14. The van der Waals surface area contributed by atoms with Gasteiger partial charge in [-0.2, -0.15) is 0 Å². The molecule has 0 saturated heterocycles. The molecule has 2 rings (SSSR count). The first-order valence-corrected chi connectivity index (χ1v) is 8.84. The summed E-state index contributed by atoms with van der Waals surface area (Å²) in [4.78, 5) is 47.4. The first kappa shape index (κ1) is 20.2. The first-order chi connectivity index (χ1) is 12.7. The van der Waals surface area contributed by atoms with Gasteiger partial charge in [0, 0.05) is 17.9 Å². The highest BCUT2D eigenvalue weighted by Crippen LogP contribution is 2.24. The molecular weight excluding hydrogens is 372 g/mol. The van der Waals surface area contributed by atoms with Gasteiger partial charge in [-0.3, -0.25) is 19.7 Å². The zero-order valence-electron chi connectivity index (χ0n) is 15.0.